The molecule has 0 saturated heterocycles. The Bertz CT molecular complexity index is 1390. The molecule has 268 valence electrons. The van der Waals surface area contributed by atoms with Gasteiger partial charge in [-0.25, -0.2) is 8.42 Å². The van der Waals surface area contributed by atoms with Crippen molar-refractivity contribution in [1.82, 2.24) is 10.6 Å². The Hall–Kier alpha value is -4.27. The number of carbonyl (C=O) groups is 5. The van der Waals surface area contributed by atoms with Gasteiger partial charge in [-0.2, -0.15) is 0 Å². The number of amides is 2. The Balaban J connectivity index is 3.19. The van der Waals surface area contributed by atoms with E-state index in [1.807, 2.05) is 37.3 Å². The predicted octanol–water partition coefficient (Wildman–Crippen LogP) is 2.07. The van der Waals surface area contributed by atoms with E-state index in [-0.39, 0.29) is 50.2 Å². The highest BCUT2D eigenvalue weighted by molar-refractivity contribution is 7.93. The average Bonchev–Trinajstić information content (AvgIpc) is 3.00. The second-order valence-corrected chi connectivity index (χ2v) is 14.2. The van der Waals surface area contributed by atoms with Crippen LogP contribution in [0.5, 0.6) is 0 Å². The van der Waals surface area contributed by atoms with Crippen LogP contribution in [-0.2, 0) is 45.2 Å². The lowest BCUT2D eigenvalue weighted by Crippen LogP contribution is -2.47. The van der Waals surface area contributed by atoms with Crippen LogP contribution in [0.1, 0.15) is 71.8 Å². The molecule has 2 amide bonds. The number of aliphatic imine (C=N–C) groups is 1. The molecular weight excluding hydrogens is 642 g/mol. The Kier molecular flexibility index (Phi) is 18.1. The molecule has 0 spiro atoms. The number of rotatable bonds is 22. The first-order valence-electron chi connectivity index (χ1n) is 15.9. The van der Waals surface area contributed by atoms with Crippen molar-refractivity contribution in [3.8, 4) is 0 Å². The maximum atomic E-state index is 13.8. The summed E-state index contributed by atoms with van der Waals surface area (Å²) in [6.45, 7) is 7.37. The van der Waals surface area contributed by atoms with Gasteiger partial charge in [0.25, 0.3) is 0 Å². The SMILES string of the molecule is CCC(C)[C@H](CC(=O)[C@H](CCCN=C(N)N)NC(=O)[C@@H](CC(=O)OCc1ccccc1)C(C)C)C(=O)N[C@H](/C=C/S(C)(=O)=O)CC(=O)O. The highest BCUT2D eigenvalue weighted by Gasteiger charge is 2.34. The molecule has 1 aromatic rings. The lowest BCUT2D eigenvalue weighted by molar-refractivity contribution is -0.149. The summed E-state index contributed by atoms with van der Waals surface area (Å²) in [6.07, 6.45) is 1.88. The molecule has 0 aromatic heterocycles. The third-order valence-electron chi connectivity index (χ3n) is 7.79. The van der Waals surface area contributed by atoms with Gasteiger partial charge in [0.15, 0.2) is 21.6 Å². The van der Waals surface area contributed by atoms with Crippen molar-refractivity contribution in [2.45, 2.75) is 84.9 Å². The van der Waals surface area contributed by atoms with E-state index in [1.165, 1.54) is 0 Å². The van der Waals surface area contributed by atoms with Crippen molar-refractivity contribution in [3.63, 3.8) is 0 Å². The number of carboxylic acid groups (broad SMARTS) is 1. The van der Waals surface area contributed by atoms with Crippen LogP contribution in [0.2, 0.25) is 0 Å². The fourth-order valence-electron chi connectivity index (χ4n) is 4.78. The minimum absolute atomic E-state index is 0.0500. The number of guanidine groups is 1. The summed E-state index contributed by atoms with van der Waals surface area (Å²) in [7, 11) is -3.60. The van der Waals surface area contributed by atoms with Crippen LogP contribution < -0.4 is 22.1 Å². The van der Waals surface area contributed by atoms with Crippen molar-refractivity contribution in [2.75, 3.05) is 12.8 Å². The highest BCUT2D eigenvalue weighted by Crippen LogP contribution is 2.23. The van der Waals surface area contributed by atoms with Gasteiger partial charge in [-0.15, -0.1) is 0 Å². The standard InChI is InChI=1S/C33H51N5O9S/c1-6-22(4)26(32(44)37-24(17-29(40)41)14-16-48(5,45)46)18-28(39)27(13-10-15-36-33(34)35)38-31(43)25(21(2)3)19-30(42)47-20-23-11-8-7-9-12-23/h7-9,11-12,14,16,21-22,24-27H,6,10,13,15,17-20H2,1-5H3,(H,37,44)(H,38,43)(H,40,41)(H4,34,35,36)/b16-14+/t22?,24-,25+,26+,27+/m1/s1. The Morgan fingerprint density at radius 2 is 1.58 bits per heavy atom. The molecule has 0 radical (unpaired) electrons. The fraction of sp³-hybridized carbons (Fsp3) is 0.576. The van der Waals surface area contributed by atoms with Crippen LogP contribution in [0, 0.1) is 23.7 Å². The molecule has 15 heteroatoms. The second-order valence-electron chi connectivity index (χ2n) is 12.2. The number of carbonyl (C=O) groups excluding carboxylic acids is 4. The molecule has 7 N–H and O–H groups in total. The molecule has 0 aliphatic rings. The molecule has 0 heterocycles. The van der Waals surface area contributed by atoms with Gasteiger partial charge in [0, 0.05) is 30.5 Å². The highest BCUT2D eigenvalue weighted by atomic mass is 32.2. The van der Waals surface area contributed by atoms with E-state index in [9.17, 15) is 37.5 Å². The van der Waals surface area contributed by atoms with E-state index < -0.39 is 69.7 Å². The molecule has 0 aliphatic heterocycles. The van der Waals surface area contributed by atoms with Gasteiger partial charge in [-0.1, -0.05) is 70.5 Å². The summed E-state index contributed by atoms with van der Waals surface area (Å²) in [4.78, 5) is 68.8. The molecule has 1 unspecified atom stereocenters. The van der Waals surface area contributed by atoms with Gasteiger partial charge in [0.1, 0.15) is 6.61 Å². The number of hydrogen-bond donors (Lipinski definition) is 5. The zero-order chi connectivity index (χ0) is 36.4. The summed E-state index contributed by atoms with van der Waals surface area (Å²) in [5.41, 5.74) is 11.6. The number of carboxylic acids is 1. The topological polar surface area (TPSA) is 237 Å². The van der Waals surface area contributed by atoms with Crippen molar-refractivity contribution < 1.29 is 42.2 Å². The summed E-state index contributed by atoms with van der Waals surface area (Å²) in [5, 5.41) is 15.4. The summed E-state index contributed by atoms with van der Waals surface area (Å²) >= 11 is 0. The Labute approximate surface area is 283 Å². The van der Waals surface area contributed by atoms with Crippen molar-refractivity contribution >= 4 is 45.3 Å². The number of aliphatic carboxylic acids is 1. The molecule has 14 nitrogen and oxygen atoms in total. The van der Waals surface area contributed by atoms with Crippen LogP contribution in [0.15, 0.2) is 46.8 Å². The summed E-state index contributed by atoms with van der Waals surface area (Å²) in [6, 6.07) is 6.90. The maximum absolute atomic E-state index is 13.8. The largest absolute Gasteiger partial charge is 0.481 e. The van der Waals surface area contributed by atoms with Gasteiger partial charge >= 0.3 is 11.9 Å². The fourth-order valence-corrected chi connectivity index (χ4v) is 5.26. The Morgan fingerprint density at radius 3 is 2.12 bits per heavy atom. The first-order chi connectivity index (χ1) is 22.4. The number of sulfone groups is 1. The lowest BCUT2D eigenvalue weighted by Gasteiger charge is -2.27. The number of Topliss-reactive ketones (excluding diaryl/α,β-unsaturated/α-hetero) is 1. The molecular formula is C33H51N5O9S. The van der Waals surface area contributed by atoms with Gasteiger partial charge in [-0.3, -0.25) is 29.0 Å². The molecule has 48 heavy (non-hydrogen) atoms. The number of nitrogens with zero attached hydrogens (tertiary/aromatic N) is 1. The number of ether oxygens (including phenoxy) is 1. The summed E-state index contributed by atoms with van der Waals surface area (Å²) in [5.74, 6) is -5.93. The molecule has 0 saturated carbocycles. The number of esters is 1. The second kappa shape index (κ2) is 20.9. The number of ketones is 1. The predicted molar refractivity (Wildman–Crippen MR) is 182 cm³/mol. The van der Waals surface area contributed by atoms with E-state index in [0.717, 1.165) is 23.3 Å². The Morgan fingerprint density at radius 1 is 0.958 bits per heavy atom. The van der Waals surface area contributed by atoms with Crippen LogP contribution in [0.3, 0.4) is 0 Å². The van der Waals surface area contributed by atoms with Crippen LogP contribution in [0.4, 0.5) is 0 Å². The zero-order valence-electron chi connectivity index (χ0n) is 28.4. The van der Waals surface area contributed by atoms with Crippen molar-refractivity contribution in [2.24, 2.45) is 40.1 Å². The first-order valence-corrected chi connectivity index (χ1v) is 17.9. The van der Waals surface area contributed by atoms with Gasteiger partial charge in [-0.05, 0) is 30.2 Å². The van der Waals surface area contributed by atoms with E-state index in [1.54, 1.807) is 20.8 Å². The molecule has 1 rings (SSSR count). The van der Waals surface area contributed by atoms with Crippen molar-refractivity contribution in [1.29, 1.82) is 0 Å². The third-order valence-corrected chi connectivity index (χ3v) is 8.44. The van der Waals surface area contributed by atoms with Crippen LogP contribution in [0.25, 0.3) is 0 Å². The normalized spacial score (nSPS) is 14.7. The van der Waals surface area contributed by atoms with E-state index in [0.29, 0.717) is 12.8 Å². The average molecular weight is 694 g/mol. The smallest absolute Gasteiger partial charge is 0.306 e. The third kappa shape index (κ3) is 17.0. The van der Waals surface area contributed by atoms with Gasteiger partial charge in [0.05, 0.1) is 30.8 Å². The van der Waals surface area contributed by atoms with Gasteiger partial charge in [0.2, 0.25) is 11.8 Å². The zero-order valence-corrected chi connectivity index (χ0v) is 29.2. The summed E-state index contributed by atoms with van der Waals surface area (Å²) < 4.78 is 28.6. The quantitative estimate of drug-likeness (QED) is 0.0510. The van der Waals surface area contributed by atoms with Crippen LogP contribution >= 0.6 is 0 Å². The number of hydrogen-bond acceptors (Lipinski definition) is 9. The first kappa shape index (κ1) is 41.8. The maximum Gasteiger partial charge on any atom is 0.306 e. The minimum atomic E-state index is -3.60. The van der Waals surface area contributed by atoms with Crippen LogP contribution in [-0.4, -0.2) is 73.9 Å². The van der Waals surface area contributed by atoms with E-state index >= 15 is 0 Å². The number of benzene rings is 1. The minimum Gasteiger partial charge on any atom is -0.481 e. The molecule has 1 aromatic carbocycles. The molecule has 5 atom stereocenters. The molecule has 0 aliphatic carbocycles. The number of nitrogens with one attached hydrogen (secondary N) is 2. The van der Waals surface area contributed by atoms with Gasteiger partial charge < -0.3 is 31.9 Å². The monoisotopic (exact) mass is 693 g/mol. The molecule has 0 bridgehead atoms. The van der Waals surface area contributed by atoms with Crippen molar-refractivity contribution in [3.05, 3.63) is 47.4 Å². The van der Waals surface area contributed by atoms with E-state index in [2.05, 4.69) is 15.6 Å². The van der Waals surface area contributed by atoms with E-state index in [4.69, 9.17) is 16.2 Å². The lowest BCUT2D eigenvalue weighted by atomic mass is 9.84. The molecule has 0 fully saturated rings. The number of nitrogens with two attached hydrogens (primary N) is 2.